The molecule has 1 aromatic heterocycles. The third-order valence-corrected chi connectivity index (χ3v) is 4.75. The first-order chi connectivity index (χ1) is 12.6. The summed E-state index contributed by atoms with van der Waals surface area (Å²) in [7, 11) is 0. The third-order valence-electron chi connectivity index (χ3n) is 4.47. The van der Waals surface area contributed by atoms with E-state index in [4.69, 9.17) is 25.7 Å². The second-order valence-corrected chi connectivity index (χ2v) is 6.71. The zero-order valence-electron chi connectivity index (χ0n) is 15.2. The number of likely N-dealkylation sites (tertiary alicyclic amines) is 1. The zero-order chi connectivity index (χ0) is 18.5. The van der Waals surface area contributed by atoms with E-state index in [1.807, 2.05) is 26.0 Å². The summed E-state index contributed by atoms with van der Waals surface area (Å²) in [6.45, 7) is 10.2. The predicted molar refractivity (Wildman–Crippen MR) is 99.7 cm³/mol. The van der Waals surface area contributed by atoms with Crippen LogP contribution < -0.4 is 9.47 Å². The zero-order valence-corrected chi connectivity index (χ0v) is 16.0. The number of halogens is 1. The minimum Gasteiger partial charge on any atom is -0.490 e. The van der Waals surface area contributed by atoms with Crippen LogP contribution in [0.4, 0.5) is 0 Å². The molecule has 1 aromatic carbocycles. The van der Waals surface area contributed by atoms with E-state index >= 15 is 0 Å². The summed E-state index contributed by atoms with van der Waals surface area (Å²) < 4.78 is 16.3. The molecule has 6 nitrogen and oxygen atoms in total. The van der Waals surface area contributed by atoms with Crippen LogP contribution in [0.1, 0.15) is 42.8 Å². The van der Waals surface area contributed by atoms with E-state index in [1.54, 1.807) is 6.08 Å². The lowest BCUT2D eigenvalue weighted by Gasteiger charge is -2.23. The van der Waals surface area contributed by atoms with Crippen LogP contribution in [0, 0.1) is 6.92 Å². The number of nitrogens with zero attached hydrogens (tertiary/aromatic N) is 3. The monoisotopic (exact) mass is 377 g/mol. The SMILES string of the molecule is C=CCOc1c(Cl)cc(CN2CCCC2c2nonc2C)cc1OCC. The molecule has 2 aromatic rings. The van der Waals surface area contributed by atoms with Gasteiger partial charge in [-0.05, 0) is 50.9 Å². The molecule has 0 saturated carbocycles. The predicted octanol–water partition coefficient (Wildman–Crippen LogP) is 4.33. The molecule has 140 valence electrons. The Labute approximate surface area is 158 Å². The molecular weight excluding hydrogens is 354 g/mol. The van der Waals surface area contributed by atoms with E-state index in [0.29, 0.717) is 29.7 Å². The highest BCUT2D eigenvalue weighted by atomic mass is 35.5. The van der Waals surface area contributed by atoms with Gasteiger partial charge in [0.25, 0.3) is 0 Å². The second-order valence-electron chi connectivity index (χ2n) is 6.30. The number of rotatable bonds is 8. The molecule has 1 aliphatic heterocycles. The molecule has 7 heteroatoms. The van der Waals surface area contributed by atoms with E-state index in [1.165, 1.54) is 0 Å². The Kier molecular flexibility index (Phi) is 6.16. The number of aromatic nitrogens is 2. The number of hydrogen-bond donors (Lipinski definition) is 0. The fourth-order valence-electron chi connectivity index (χ4n) is 3.36. The van der Waals surface area contributed by atoms with Gasteiger partial charge < -0.3 is 9.47 Å². The van der Waals surface area contributed by atoms with Crippen LogP contribution in [0.15, 0.2) is 29.4 Å². The largest absolute Gasteiger partial charge is 0.490 e. The second kappa shape index (κ2) is 8.56. The van der Waals surface area contributed by atoms with Crippen molar-refractivity contribution >= 4 is 11.6 Å². The van der Waals surface area contributed by atoms with Gasteiger partial charge in [-0.2, -0.15) is 0 Å². The van der Waals surface area contributed by atoms with Crippen LogP contribution in [0.25, 0.3) is 0 Å². The summed E-state index contributed by atoms with van der Waals surface area (Å²) in [5.41, 5.74) is 2.85. The van der Waals surface area contributed by atoms with E-state index in [2.05, 4.69) is 21.8 Å². The molecule has 0 amide bonds. The molecule has 0 spiro atoms. The van der Waals surface area contributed by atoms with Crippen LogP contribution in [0.3, 0.4) is 0 Å². The van der Waals surface area contributed by atoms with Crippen molar-refractivity contribution in [3.8, 4) is 11.5 Å². The summed E-state index contributed by atoms with van der Waals surface area (Å²) >= 11 is 6.46. The minimum atomic E-state index is 0.215. The Balaban J connectivity index is 1.82. The molecule has 0 N–H and O–H groups in total. The van der Waals surface area contributed by atoms with Crippen molar-refractivity contribution in [2.24, 2.45) is 0 Å². The van der Waals surface area contributed by atoms with Crippen molar-refractivity contribution in [1.82, 2.24) is 15.2 Å². The van der Waals surface area contributed by atoms with Crippen molar-refractivity contribution in [3.63, 3.8) is 0 Å². The van der Waals surface area contributed by atoms with E-state index in [0.717, 1.165) is 42.9 Å². The molecule has 0 bridgehead atoms. The first-order valence-electron chi connectivity index (χ1n) is 8.86. The van der Waals surface area contributed by atoms with Crippen molar-refractivity contribution < 1.29 is 14.1 Å². The van der Waals surface area contributed by atoms with Crippen molar-refractivity contribution in [1.29, 1.82) is 0 Å². The lowest BCUT2D eigenvalue weighted by Crippen LogP contribution is -2.23. The Hall–Kier alpha value is -2.05. The van der Waals surface area contributed by atoms with Crippen molar-refractivity contribution in [2.75, 3.05) is 19.8 Å². The van der Waals surface area contributed by atoms with Gasteiger partial charge >= 0.3 is 0 Å². The fourth-order valence-corrected chi connectivity index (χ4v) is 3.65. The molecule has 1 atom stereocenters. The summed E-state index contributed by atoms with van der Waals surface area (Å²) in [6, 6.07) is 4.15. The van der Waals surface area contributed by atoms with Gasteiger partial charge in [0.05, 0.1) is 17.7 Å². The lowest BCUT2D eigenvalue weighted by molar-refractivity contribution is 0.230. The Morgan fingerprint density at radius 1 is 1.38 bits per heavy atom. The molecular formula is C19H24ClN3O3. The maximum atomic E-state index is 6.46. The van der Waals surface area contributed by atoms with Gasteiger partial charge in [-0.15, -0.1) is 0 Å². The average Bonchev–Trinajstić information content (AvgIpc) is 3.23. The van der Waals surface area contributed by atoms with Crippen LogP contribution in [0.5, 0.6) is 11.5 Å². The maximum absolute atomic E-state index is 6.46. The number of ether oxygens (including phenoxy) is 2. The van der Waals surface area contributed by atoms with Crippen molar-refractivity contribution in [2.45, 2.75) is 39.3 Å². The molecule has 2 heterocycles. The number of benzene rings is 1. The highest BCUT2D eigenvalue weighted by Gasteiger charge is 2.30. The standard InChI is InChI=1S/C19H24ClN3O3/c1-4-9-25-19-15(20)10-14(11-17(19)24-5-2)12-23-8-6-7-16(23)18-13(3)21-26-22-18/h4,10-11,16H,1,5-9,12H2,2-3H3. The fraction of sp³-hybridized carbons (Fsp3) is 0.474. The van der Waals surface area contributed by atoms with E-state index in [9.17, 15) is 0 Å². The summed E-state index contributed by atoms with van der Waals surface area (Å²) in [4.78, 5) is 2.37. The van der Waals surface area contributed by atoms with E-state index < -0.39 is 0 Å². The Morgan fingerprint density at radius 2 is 2.23 bits per heavy atom. The first-order valence-corrected chi connectivity index (χ1v) is 9.23. The molecule has 0 aliphatic carbocycles. The smallest absolute Gasteiger partial charge is 0.180 e. The highest BCUT2D eigenvalue weighted by molar-refractivity contribution is 6.32. The number of hydrogen-bond acceptors (Lipinski definition) is 6. The molecule has 1 saturated heterocycles. The normalized spacial score (nSPS) is 17.4. The Bertz CT molecular complexity index is 762. The molecule has 1 aliphatic rings. The average molecular weight is 378 g/mol. The van der Waals surface area contributed by atoms with Gasteiger partial charge in [0.1, 0.15) is 18.0 Å². The minimum absolute atomic E-state index is 0.215. The molecule has 26 heavy (non-hydrogen) atoms. The highest BCUT2D eigenvalue weighted by Crippen LogP contribution is 2.39. The van der Waals surface area contributed by atoms with Crippen LogP contribution in [0.2, 0.25) is 5.02 Å². The quantitative estimate of drug-likeness (QED) is 0.638. The van der Waals surface area contributed by atoms with Gasteiger partial charge in [-0.25, -0.2) is 4.63 Å². The molecule has 0 radical (unpaired) electrons. The lowest BCUT2D eigenvalue weighted by atomic mass is 10.1. The molecule has 1 unspecified atom stereocenters. The third kappa shape index (κ3) is 4.02. The van der Waals surface area contributed by atoms with Gasteiger partial charge in [0, 0.05) is 6.54 Å². The van der Waals surface area contributed by atoms with Crippen LogP contribution in [-0.4, -0.2) is 35.0 Å². The van der Waals surface area contributed by atoms with Crippen LogP contribution in [-0.2, 0) is 6.54 Å². The van der Waals surface area contributed by atoms with E-state index in [-0.39, 0.29) is 6.04 Å². The van der Waals surface area contributed by atoms with Gasteiger partial charge in [0.15, 0.2) is 11.5 Å². The molecule has 1 fully saturated rings. The molecule has 3 rings (SSSR count). The number of aryl methyl sites for hydroxylation is 1. The first kappa shape index (κ1) is 18.7. The topological polar surface area (TPSA) is 60.6 Å². The van der Waals surface area contributed by atoms with Gasteiger partial charge in [-0.3, -0.25) is 4.90 Å². The Morgan fingerprint density at radius 3 is 2.92 bits per heavy atom. The van der Waals surface area contributed by atoms with Gasteiger partial charge in [-0.1, -0.05) is 34.6 Å². The summed E-state index contributed by atoms with van der Waals surface area (Å²) in [5, 5.41) is 8.56. The van der Waals surface area contributed by atoms with Crippen molar-refractivity contribution in [3.05, 3.63) is 46.8 Å². The summed E-state index contributed by atoms with van der Waals surface area (Å²) in [5.74, 6) is 1.22. The maximum Gasteiger partial charge on any atom is 0.180 e. The summed E-state index contributed by atoms with van der Waals surface area (Å²) in [6.07, 6.45) is 3.84. The van der Waals surface area contributed by atoms with Gasteiger partial charge in [0.2, 0.25) is 0 Å². The van der Waals surface area contributed by atoms with Crippen LogP contribution >= 0.6 is 11.6 Å².